The van der Waals surface area contributed by atoms with Crippen molar-refractivity contribution in [3.05, 3.63) is 0 Å². The Morgan fingerprint density at radius 3 is 1.25 bits per heavy atom. The van der Waals surface area contributed by atoms with Gasteiger partial charge in [0, 0.05) is 17.6 Å². The molecule has 1 atom stereocenters. The Labute approximate surface area is 58.5 Å². The van der Waals surface area contributed by atoms with Crippen molar-refractivity contribution in [1.82, 2.24) is 0 Å². The zero-order valence-electron chi connectivity index (χ0n) is 6.31. The van der Waals surface area contributed by atoms with Gasteiger partial charge in [0.25, 0.3) is 0 Å². The van der Waals surface area contributed by atoms with E-state index in [1.807, 2.05) is 0 Å². The minimum atomic E-state index is -0.298. The second-order valence-corrected chi connectivity index (χ2v) is 12.7. The van der Waals surface area contributed by atoms with Gasteiger partial charge >= 0.3 is 0 Å². The van der Waals surface area contributed by atoms with Gasteiger partial charge in [0.15, 0.2) is 0 Å². The molecule has 0 amide bonds. The van der Waals surface area contributed by atoms with E-state index in [2.05, 4.69) is 35.4 Å². The lowest BCUT2D eigenvalue weighted by Gasteiger charge is -2.16. The first-order chi connectivity index (χ1) is 3.55. The maximum Gasteiger partial charge on any atom is 0.0347 e. The molecule has 0 aromatic rings. The van der Waals surface area contributed by atoms with Crippen LogP contribution in [0, 0.1) is 0 Å². The molecule has 0 spiro atoms. The molecule has 0 aromatic heterocycles. The standard InChI is InChI=1S/C5H17PSi2/c1-7(2)5(6)8(3)4/h5,7-8H,6H2,1-4H3. The van der Waals surface area contributed by atoms with Crippen LogP contribution >= 0.6 is 9.24 Å². The Morgan fingerprint density at radius 1 is 1.00 bits per heavy atom. The van der Waals surface area contributed by atoms with Gasteiger partial charge in [-0.05, 0) is 4.91 Å². The van der Waals surface area contributed by atoms with Gasteiger partial charge in [-0.2, -0.15) is 0 Å². The zero-order chi connectivity index (χ0) is 6.73. The van der Waals surface area contributed by atoms with Gasteiger partial charge in [0.05, 0.1) is 0 Å². The molecule has 0 N–H and O–H groups in total. The predicted octanol–water partition coefficient (Wildman–Crippen LogP) is 1.28. The lowest BCUT2D eigenvalue weighted by molar-refractivity contribution is 1.64. The number of hydrogen-bond donors (Lipinski definition) is 0. The molecule has 0 rings (SSSR count). The van der Waals surface area contributed by atoms with Crippen molar-refractivity contribution in [3.63, 3.8) is 0 Å². The van der Waals surface area contributed by atoms with E-state index >= 15 is 0 Å². The van der Waals surface area contributed by atoms with E-state index in [1.54, 1.807) is 0 Å². The van der Waals surface area contributed by atoms with Crippen LogP contribution in [0.1, 0.15) is 0 Å². The summed E-state index contributed by atoms with van der Waals surface area (Å²) >= 11 is 0. The average molecular weight is 164 g/mol. The van der Waals surface area contributed by atoms with Gasteiger partial charge in [0.1, 0.15) is 0 Å². The van der Waals surface area contributed by atoms with Crippen LogP contribution in [-0.2, 0) is 0 Å². The van der Waals surface area contributed by atoms with Crippen LogP contribution in [0.25, 0.3) is 0 Å². The summed E-state index contributed by atoms with van der Waals surface area (Å²) in [6, 6.07) is 0. The zero-order valence-corrected chi connectivity index (χ0v) is 9.77. The lowest BCUT2D eigenvalue weighted by Crippen LogP contribution is -2.30. The topological polar surface area (TPSA) is 0 Å². The smallest absolute Gasteiger partial charge is 0.0347 e. The van der Waals surface area contributed by atoms with Crippen LogP contribution in [0.3, 0.4) is 0 Å². The SMILES string of the molecule is C[SiH](C)C(P)[SiH](C)C. The molecule has 50 valence electrons. The Bertz CT molecular complexity index is 55.4. The second-order valence-electron chi connectivity index (χ2n) is 3.07. The van der Waals surface area contributed by atoms with Crippen molar-refractivity contribution in [3.8, 4) is 0 Å². The molecule has 3 heteroatoms. The summed E-state index contributed by atoms with van der Waals surface area (Å²) in [4.78, 5) is 1.06. The molecule has 0 fully saturated rings. The summed E-state index contributed by atoms with van der Waals surface area (Å²) in [6.07, 6.45) is 0. The molecule has 0 saturated heterocycles. The van der Waals surface area contributed by atoms with E-state index in [-0.39, 0.29) is 17.6 Å². The Hall–Kier alpha value is 0.864. The molecule has 0 saturated carbocycles. The van der Waals surface area contributed by atoms with Crippen molar-refractivity contribution < 1.29 is 0 Å². The molecular formula is C5H17PSi2. The van der Waals surface area contributed by atoms with Crippen LogP contribution in [0.15, 0.2) is 0 Å². The van der Waals surface area contributed by atoms with Crippen molar-refractivity contribution in [2.24, 2.45) is 0 Å². The number of hydrogen-bond acceptors (Lipinski definition) is 0. The van der Waals surface area contributed by atoms with Gasteiger partial charge in [-0.15, -0.1) is 9.24 Å². The summed E-state index contributed by atoms with van der Waals surface area (Å²) < 4.78 is 0. The van der Waals surface area contributed by atoms with E-state index < -0.39 is 0 Å². The monoisotopic (exact) mass is 164 g/mol. The molecule has 1 unspecified atom stereocenters. The summed E-state index contributed by atoms with van der Waals surface area (Å²) in [5, 5.41) is 0. The molecule has 0 aliphatic rings. The third-order valence-corrected chi connectivity index (χ3v) is 13.9. The highest BCUT2D eigenvalue weighted by atomic mass is 31.0. The van der Waals surface area contributed by atoms with Crippen molar-refractivity contribution in [1.29, 1.82) is 0 Å². The van der Waals surface area contributed by atoms with Crippen molar-refractivity contribution in [2.45, 2.75) is 31.1 Å². The van der Waals surface area contributed by atoms with Gasteiger partial charge in [-0.25, -0.2) is 0 Å². The summed E-state index contributed by atoms with van der Waals surface area (Å²) in [5.74, 6) is 0. The minimum Gasteiger partial charge on any atom is -0.141 e. The van der Waals surface area contributed by atoms with E-state index in [1.165, 1.54) is 0 Å². The maximum atomic E-state index is 3.01. The fourth-order valence-electron chi connectivity index (χ4n) is 0.770. The third kappa shape index (κ3) is 3.00. The Kier molecular flexibility index (Phi) is 4.22. The second kappa shape index (κ2) is 3.81. The first-order valence-electron chi connectivity index (χ1n) is 3.31. The fourth-order valence-corrected chi connectivity index (χ4v) is 6.93. The van der Waals surface area contributed by atoms with Gasteiger partial charge in [0.2, 0.25) is 0 Å². The van der Waals surface area contributed by atoms with Crippen LogP contribution in [0.2, 0.25) is 26.2 Å². The first kappa shape index (κ1) is 8.86. The summed E-state index contributed by atoms with van der Waals surface area (Å²) in [6.45, 7) is 9.74. The summed E-state index contributed by atoms with van der Waals surface area (Å²) in [5.41, 5.74) is 0. The normalized spacial score (nSPS) is 12.0. The largest absolute Gasteiger partial charge is 0.141 e. The molecule has 0 heterocycles. The first-order valence-corrected chi connectivity index (χ1v) is 9.93. The molecule has 0 aliphatic heterocycles. The predicted molar refractivity (Wildman–Crippen MR) is 51.3 cm³/mol. The van der Waals surface area contributed by atoms with Crippen LogP contribution in [-0.4, -0.2) is 22.5 Å². The van der Waals surface area contributed by atoms with Gasteiger partial charge < -0.3 is 0 Å². The van der Waals surface area contributed by atoms with Crippen LogP contribution in [0.5, 0.6) is 0 Å². The molecule has 0 bridgehead atoms. The molecule has 0 nitrogen and oxygen atoms in total. The van der Waals surface area contributed by atoms with E-state index in [4.69, 9.17) is 0 Å². The fraction of sp³-hybridized carbons (Fsp3) is 1.00. The van der Waals surface area contributed by atoms with E-state index in [0.29, 0.717) is 0 Å². The summed E-state index contributed by atoms with van der Waals surface area (Å²) in [7, 11) is 2.42. The molecule has 0 radical (unpaired) electrons. The Morgan fingerprint density at radius 2 is 1.25 bits per heavy atom. The van der Waals surface area contributed by atoms with E-state index in [0.717, 1.165) is 4.91 Å². The molecule has 0 aliphatic carbocycles. The Balaban J connectivity index is 3.46. The van der Waals surface area contributed by atoms with Crippen LogP contribution in [0.4, 0.5) is 0 Å². The molecule has 8 heavy (non-hydrogen) atoms. The highest BCUT2D eigenvalue weighted by Gasteiger charge is 2.12. The minimum absolute atomic E-state index is 0.298. The highest BCUT2D eigenvalue weighted by molar-refractivity contribution is 7.29. The van der Waals surface area contributed by atoms with Crippen molar-refractivity contribution in [2.75, 3.05) is 0 Å². The van der Waals surface area contributed by atoms with Crippen molar-refractivity contribution >= 4 is 26.8 Å². The molecule has 0 aromatic carbocycles. The average Bonchev–Trinajstić information content (AvgIpc) is 1.64. The van der Waals surface area contributed by atoms with Gasteiger partial charge in [-0.3, -0.25) is 0 Å². The highest BCUT2D eigenvalue weighted by Crippen LogP contribution is 2.08. The third-order valence-electron chi connectivity index (χ3n) is 1.54. The quantitative estimate of drug-likeness (QED) is 0.426. The van der Waals surface area contributed by atoms with Crippen LogP contribution < -0.4 is 0 Å². The van der Waals surface area contributed by atoms with Gasteiger partial charge in [-0.1, -0.05) is 26.2 Å². The maximum absolute atomic E-state index is 3.01. The lowest BCUT2D eigenvalue weighted by atomic mass is 11.7. The number of rotatable bonds is 2. The molecular weight excluding hydrogens is 147 g/mol. The van der Waals surface area contributed by atoms with E-state index in [9.17, 15) is 0 Å².